The number of sulfonamides is 1. The molecule has 2 rings (SSSR count). The first kappa shape index (κ1) is 16.1. The predicted octanol–water partition coefficient (Wildman–Crippen LogP) is 0.536. The average molecular weight is 378 g/mol. The van der Waals surface area contributed by atoms with Gasteiger partial charge in [0.15, 0.2) is 0 Å². The normalized spacial score (nSPS) is 19.6. The Kier molecular flexibility index (Phi) is 4.45. The molecule has 1 aliphatic rings. The molecule has 9 heteroatoms. The SMILES string of the molecule is COc1cc(Br)c(N)cc1S(=O)(=O)N1CCC(C(N)=O)C1. The molecule has 1 amide bonds. The molecule has 0 bridgehead atoms. The summed E-state index contributed by atoms with van der Waals surface area (Å²) in [5, 5.41) is 0. The van der Waals surface area contributed by atoms with Gasteiger partial charge in [-0.2, -0.15) is 4.31 Å². The van der Waals surface area contributed by atoms with Gasteiger partial charge in [0.25, 0.3) is 0 Å². The third kappa shape index (κ3) is 2.99. The van der Waals surface area contributed by atoms with Gasteiger partial charge in [0.1, 0.15) is 10.6 Å². The van der Waals surface area contributed by atoms with E-state index in [2.05, 4.69) is 15.9 Å². The van der Waals surface area contributed by atoms with Gasteiger partial charge in [0, 0.05) is 23.2 Å². The van der Waals surface area contributed by atoms with E-state index in [0.717, 1.165) is 0 Å². The van der Waals surface area contributed by atoms with Gasteiger partial charge in [-0.25, -0.2) is 8.42 Å². The van der Waals surface area contributed by atoms with E-state index in [0.29, 0.717) is 16.6 Å². The van der Waals surface area contributed by atoms with Crippen LogP contribution in [0.4, 0.5) is 5.69 Å². The Bertz CT molecular complexity index is 677. The molecule has 1 unspecified atom stereocenters. The number of amides is 1. The molecule has 7 nitrogen and oxygen atoms in total. The van der Waals surface area contributed by atoms with Crippen LogP contribution in [0.25, 0.3) is 0 Å². The molecule has 0 spiro atoms. The van der Waals surface area contributed by atoms with Crippen molar-refractivity contribution in [1.82, 2.24) is 4.31 Å². The zero-order valence-corrected chi connectivity index (χ0v) is 13.8. The average Bonchev–Trinajstić information content (AvgIpc) is 2.91. The molecule has 0 saturated carbocycles. The van der Waals surface area contributed by atoms with Crippen molar-refractivity contribution in [2.45, 2.75) is 11.3 Å². The number of hydrogen-bond donors (Lipinski definition) is 2. The number of rotatable bonds is 4. The number of nitrogens with zero attached hydrogens (tertiary/aromatic N) is 1. The number of halogens is 1. The molecule has 1 atom stereocenters. The predicted molar refractivity (Wildman–Crippen MR) is 81.2 cm³/mol. The Labute approximate surface area is 131 Å². The first-order chi connectivity index (χ1) is 9.77. The number of nitrogens with two attached hydrogens (primary N) is 2. The largest absolute Gasteiger partial charge is 0.495 e. The maximum atomic E-state index is 12.7. The minimum Gasteiger partial charge on any atom is -0.495 e. The molecule has 0 aliphatic carbocycles. The molecule has 1 aliphatic heterocycles. The summed E-state index contributed by atoms with van der Waals surface area (Å²) >= 11 is 3.23. The number of ether oxygens (including phenoxy) is 1. The maximum Gasteiger partial charge on any atom is 0.246 e. The van der Waals surface area contributed by atoms with Crippen LogP contribution in [0.2, 0.25) is 0 Å². The highest BCUT2D eigenvalue weighted by molar-refractivity contribution is 9.10. The number of primary amides is 1. The lowest BCUT2D eigenvalue weighted by Crippen LogP contribution is -2.32. The van der Waals surface area contributed by atoms with E-state index in [1.54, 1.807) is 0 Å². The van der Waals surface area contributed by atoms with Crippen LogP contribution in [-0.2, 0) is 14.8 Å². The summed E-state index contributed by atoms with van der Waals surface area (Å²) in [7, 11) is -2.41. The molecular weight excluding hydrogens is 362 g/mol. The number of anilines is 1. The minimum atomic E-state index is -3.79. The van der Waals surface area contributed by atoms with Crippen molar-refractivity contribution in [2.75, 3.05) is 25.9 Å². The minimum absolute atomic E-state index is 0.0178. The highest BCUT2D eigenvalue weighted by Crippen LogP contribution is 2.35. The number of methoxy groups -OCH3 is 1. The topological polar surface area (TPSA) is 116 Å². The number of hydrogen-bond acceptors (Lipinski definition) is 5. The fourth-order valence-corrected chi connectivity index (χ4v) is 4.22. The van der Waals surface area contributed by atoms with E-state index in [1.807, 2.05) is 0 Å². The van der Waals surface area contributed by atoms with Gasteiger partial charge in [-0.1, -0.05) is 0 Å². The molecular formula is C12H16BrN3O4S. The lowest BCUT2D eigenvalue weighted by molar-refractivity contribution is -0.121. The van der Waals surface area contributed by atoms with Crippen LogP contribution in [0.3, 0.4) is 0 Å². The highest BCUT2D eigenvalue weighted by atomic mass is 79.9. The van der Waals surface area contributed by atoms with E-state index in [-0.39, 0.29) is 23.7 Å². The zero-order valence-electron chi connectivity index (χ0n) is 11.4. The molecule has 0 radical (unpaired) electrons. The molecule has 1 aromatic carbocycles. The lowest BCUT2D eigenvalue weighted by atomic mass is 10.1. The van der Waals surface area contributed by atoms with Crippen LogP contribution in [0, 0.1) is 5.92 Å². The first-order valence-corrected chi connectivity index (χ1v) is 8.43. The Hall–Kier alpha value is -1.32. The second kappa shape index (κ2) is 5.82. The van der Waals surface area contributed by atoms with Crippen molar-refractivity contribution in [2.24, 2.45) is 11.7 Å². The Morgan fingerprint density at radius 3 is 2.67 bits per heavy atom. The molecule has 116 valence electrons. The van der Waals surface area contributed by atoms with Gasteiger partial charge in [0.2, 0.25) is 15.9 Å². The smallest absolute Gasteiger partial charge is 0.246 e. The van der Waals surface area contributed by atoms with E-state index < -0.39 is 21.8 Å². The van der Waals surface area contributed by atoms with Crippen molar-refractivity contribution in [3.05, 3.63) is 16.6 Å². The Morgan fingerprint density at radius 1 is 1.48 bits per heavy atom. The maximum absolute atomic E-state index is 12.7. The Balaban J connectivity index is 2.41. The van der Waals surface area contributed by atoms with E-state index in [9.17, 15) is 13.2 Å². The second-order valence-corrected chi connectivity index (χ2v) is 7.54. The van der Waals surface area contributed by atoms with Crippen molar-refractivity contribution in [3.63, 3.8) is 0 Å². The number of nitrogen functional groups attached to an aromatic ring is 1. The summed E-state index contributed by atoms with van der Waals surface area (Å²) in [6.07, 6.45) is 0.420. The molecule has 4 N–H and O–H groups in total. The lowest BCUT2D eigenvalue weighted by Gasteiger charge is -2.18. The molecule has 21 heavy (non-hydrogen) atoms. The monoisotopic (exact) mass is 377 g/mol. The standard InChI is InChI=1S/C12H16BrN3O4S/c1-20-10-4-8(13)9(14)5-11(10)21(18,19)16-3-2-7(6-16)12(15)17/h4-5,7H,2-3,6,14H2,1H3,(H2,15,17). The van der Waals surface area contributed by atoms with Crippen molar-refractivity contribution < 1.29 is 17.9 Å². The van der Waals surface area contributed by atoms with Gasteiger partial charge in [-0.15, -0.1) is 0 Å². The van der Waals surface area contributed by atoms with Crippen LogP contribution in [-0.4, -0.2) is 38.8 Å². The van der Waals surface area contributed by atoms with Gasteiger partial charge in [-0.3, -0.25) is 4.79 Å². The number of benzene rings is 1. The zero-order chi connectivity index (χ0) is 15.8. The van der Waals surface area contributed by atoms with Crippen molar-refractivity contribution in [1.29, 1.82) is 0 Å². The summed E-state index contributed by atoms with van der Waals surface area (Å²) in [6, 6.07) is 2.85. The fraction of sp³-hybridized carbons (Fsp3) is 0.417. The van der Waals surface area contributed by atoms with E-state index >= 15 is 0 Å². The summed E-state index contributed by atoms with van der Waals surface area (Å²) < 4.78 is 32.2. The highest BCUT2D eigenvalue weighted by Gasteiger charge is 2.36. The van der Waals surface area contributed by atoms with E-state index in [1.165, 1.54) is 23.5 Å². The molecule has 0 aromatic heterocycles. The summed E-state index contributed by atoms with van der Waals surface area (Å²) in [5.74, 6) is -0.757. The molecule has 1 heterocycles. The summed E-state index contributed by atoms with van der Waals surface area (Å²) in [5.41, 5.74) is 11.3. The quantitative estimate of drug-likeness (QED) is 0.742. The second-order valence-electron chi connectivity index (χ2n) is 4.78. The number of carbonyl (C=O) groups is 1. The third-order valence-corrected chi connectivity index (χ3v) is 6.03. The Morgan fingerprint density at radius 2 is 2.14 bits per heavy atom. The molecule has 1 aromatic rings. The third-order valence-electron chi connectivity index (χ3n) is 3.45. The van der Waals surface area contributed by atoms with Crippen molar-refractivity contribution in [3.8, 4) is 5.75 Å². The van der Waals surface area contributed by atoms with Crippen LogP contribution >= 0.6 is 15.9 Å². The van der Waals surface area contributed by atoms with Crippen molar-refractivity contribution >= 4 is 37.5 Å². The van der Waals surface area contributed by atoms with Crippen LogP contribution in [0.1, 0.15) is 6.42 Å². The van der Waals surface area contributed by atoms with Crippen LogP contribution in [0.5, 0.6) is 5.75 Å². The van der Waals surface area contributed by atoms with Gasteiger partial charge < -0.3 is 16.2 Å². The van der Waals surface area contributed by atoms with Gasteiger partial charge in [-0.05, 0) is 34.5 Å². The first-order valence-electron chi connectivity index (χ1n) is 6.20. The molecule has 1 saturated heterocycles. The fourth-order valence-electron chi connectivity index (χ4n) is 2.23. The molecule has 1 fully saturated rings. The van der Waals surface area contributed by atoms with Gasteiger partial charge >= 0.3 is 0 Å². The summed E-state index contributed by atoms with van der Waals surface area (Å²) in [4.78, 5) is 11.2. The summed E-state index contributed by atoms with van der Waals surface area (Å²) in [6.45, 7) is 0.325. The van der Waals surface area contributed by atoms with Crippen LogP contribution in [0.15, 0.2) is 21.5 Å². The van der Waals surface area contributed by atoms with Gasteiger partial charge in [0.05, 0.1) is 13.0 Å². The van der Waals surface area contributed by atoms with Crippen LogP contribution < -0.4 is 16.2 Å². The number of carbonyl (C=O) groups excluding carboxylic acids is 1. The van der Waals surface area contributed by atoms with E-state index in [4.69, 9.17) is 16.2 Å².